The summed E-state index contributed by atoms with van der Waals surface area (Å²) in [4.78, 5) is 0. The SMILES string of the molecule is Cc1cc(OCc2cccc3ccccc23)cc(C)c1Br. The molecule has 0 radical (unpaired) electrons. The van der Waals surface area contributed by atoms with Gasteiger partial charge in [-0.2, -0.15) is 0 Å². The predicted octanol–water partition coefficient (Wildman–Crippen LogP) is 5.80. The smallest absolute Gasteiger partial charge is 0.120 e. The van der Waals surface area contributed by atoms with Crippen molar-refractivity contribution in [3.63, 3.8) is 0 Å². The fraction of sp³-hybridized carbons (Fsp3) is 0.158. The quantitative estimate of drug-likeness (QED) is 0.585. The summed E-state index contributed by atoms with van der Waals surface area (Å²) < 4.78 is 7.15. The average molecular weight is 341 g/mol. The maximum atomic E-state index is 6.00. The van der Waals surface area contributed by atoms with E-state index in [1.54, 1.807) is 0 Å². The lowest BCUT2D eigenvalue weighted by Gasteiger charge is -2.11. The number of hydrogen-bond donors (Lipinski definition) is 0. The second-order valence-corrected chi connectivity index (χ2v) is 6.09. The third-order valence-electron chi connectivity index (χ3n) is 3.68. The molecule has 0 saturated heterocycles. The van der Waals surface area contributed by atoms with Gasteiger partial charge in [0.25, 0.3) is 0 Å². The Balaban J connectivity index is 1.87. The molecule has 0 heterocycles. The van der Waals surface area contributed by atoms with Crippen molar-refractivity contribution in [2.75, 3.05) is 0 Å². The molecule has 3 aromatic rings. The van der Waals surface area contributed by atoms with Crippen LogP contribution in [-0.4, -0.2) is 0 Å². The van der Waals surface area contributed by atoms with Crippen molar-refractivity contribution in [1.29, 1.82) is 0 Å². The van der Waals surface area contributed by atoms with Gasteiger partial charge in [-0.05, 0) is 53.4 Å². The first-order valence-corrected chi connectivity index (χ1v) is 7.80. The van der Waals surface area contributed by atoms with E-state index in [1.165, 1.54) is 27.5 Å². The summed E-state index contributed by atoms with van der Waals surface area (Å²) in [5, 5.41) is 2.51. The van der Waals surface area contributed by atoms with Crippen molar-refractivity contribution in [3.05, 3.63) is 75.8 Å². The van der Waals surface area contributed by atoms with Crippen molar-refractivity contribution < 1.29 is 4.74 Å². The minimum Gasteiger partial charge on any atom is -0.489 e. The Morgan fingerprint density at radius 2 is 1.57 bits per heavy atom. The Morgan fingerprint density at radius 1 is 0.905 bits per heavy atom. The second kappa shape index (κ2) is 5.90. The lowest BCUT2D eigenvalue weighted by Crippen LogP contribution is -1.97. The van der Waals surface area contributed by atoms with Crippen molar-refractivity contribution in [3.8, 4) is 5.75 Å². The van der Waals surface area contributed by atoms with Crippen LogP contribution >= 0.6 is 15.9 Å². The van der Waals surface area contributed by atoms with Crippen LogP contribution in [-0.2, 0) is 6.61 Å². The molecule has 0 amide bonds. The molecule has 0 aliphatic rings. The molecular weight excluding hydrogens is 324 g/mol. The van der Waals surface area contributed by atoms with E-state index in [9.17, 15) is 0 Å². The van der Waals surface area contributed by atoms with Crippen LogP contribution in [0, 0.1) is 13.8 Å². The molecule has 0 unspecified atom stereocenters. The third-order valence-corrected chi connectivity index (χ3v) is 4.94. The van der Waals surface area contributed by atoms with Crippen LogP contribution in [0.25, 0.3) is 10.8 Å². The molecule has 0 atom stereocenters. The van der Waals surface area contributed by atoms with Crippen LogP contribution < -0.4 is 4.74 Å². The number of benzene rings is 3. The molecule has 21 heavy (non-hydrogen) atoms. The van der Waals surface area contributed by atoms with Gasteiger partial charge in [0.15, 0.2) is 0 Å². The van der Waals surface area contributed by atoms with Crippen LogP contribution in [0.4, 0.5) is 0 Å². The minimum atomic E-state index is 0.585. The Bertz CT molecular complexity index is 764. The molecule has 3 aromatic carbocycles. The van der Waals surface area contributed by atoms with Crippen LogP contribution in [0.2, 0.25) is 0 Å². The highest BCUT2D eigenvalue weighted by molar-refractivity contribution is 9.10. The van der Waals surface area contributed by atoms with Gasteiger partial charge < -0.3 is 4.74 Å². The van der Waals surface area contributed by atoms with E-state index in [0.29, 0.717) is 6.61 Å². The molecule has 2 heteroatoms. The van der Waals surface area contributed by atoms with Gasteiger partial charge in [0, 0.05) is 4.47 Å². The Kier molecular flexibility index (Phi) is 3.98. The van der Waals surface area contributed by atoms with Crippen molar-refractivity contribution in [2.45, 2.75) is 20.5 Å². The predicted molar refractivity (Wildman–Crippen MR) is 91.9 cm³/mol. The number of halogens is 1. The molecule has 0 saturated carbocycles. The summed E-state index contributed by atoms with van der Waals surface area (Å²) in [5.41, 5.74) is 3.61. The molecule has 0 bridgehead atoms. The number of fused-ring (bicyclic) bond motifs is 1. The topological polar surface area (TPSA) is 9.23 Å². The molecule has 0 spiro atoms. The lowest BCUT2D eigenvalue weighted by atomic mass is 10.1. The summed E-state index contributed by atoms with van der Waals surface area (Å²) in [5.74, 6) is 0.918. The molecule has 0 fully saturated rings. The molecule has 0 aliphatic carbocycles. The van der Waals surface area contributed by atoms with Crippen LogP contribution in [0.5, 0.6) is 5.75 Å². The van der Waals surface area contributed by atoms with E-state index < -0.39 is 0 Å². The van der Waals surface area contributed by atoms with Gasteiger partial charge >= 0.3 is 0 Å². The van der Waals surface area contributed by atoms with Gasteiger partial charge in [0.05, 0.1) is 0 Å². The number of aryl methyl sites for hydroxylation is 2. The van der Waals surface area contributed by atoms with Gasteiger partial charge in [-0.15, -0.1) is 0 Å². The Morgan fingerprint density at radius 3 is 2.33 bits per heavy atom. The van der Waals surface area contributed by atoms with Gasteiger partial charge in [0.2, 0.25) is 0 Å². The third kappa shape index (κ3) is 2.96. The first-order chi connectivity index (χ1) is 10.1. The number of rotatable bonds is 3. The normalized spacial score (nSPS) is 10.8. The lowest BCUT2D eigenvalue weighted by molar-refractivity contribution is 0.307. The maximum Gasteiger partial charge on any atom is 0.120 e. The highest BCUT2D eigenvalue weighted by Gasteiger charge is 2.05. The highest BCUT2D eigenvalue weighted by Crippen LogP contribution is 2.27. The largest absolute Gasteiger partial charge is 0.489 e. The van der Waals surface area contributed by atoms with Gasteiger partial charge in [-0.3, -0.25) is 0 Å². The summed E-state index contributed by atoms with van der Waals surface area (Å²) in [6.07, 6.45) is 0. The molecule has 1 nitrogen and oxygen atoms in total. The first kappa shape index (κ1) is 14.2. The van der Waals surface area contributed by atoms with E-state index >= 15 is 0 Å². The maximum absolute atomic E-state index is 6.00. The Labute approximate surface area is 133 Å². The van der Waals surface area contributed by atoms with E-state index in [-0.39, 0.29) is 0 Å². The second-order valence-electron chi connectivity index (χ2n) is 5.30. The van der Waals surface area contributed by atoms with Crippen molar-refractivity contribution in [2.24, 2.45) is 0 Å². The van der Waals surface area contributed by atoms with Gasteiger partial charge in [-0.25, -0.2) is 0 Å². The van der Waals surface area contributed by atoms with Gasteiger partial charge in [0.1, 0.15) is 12.4 Å². The average Bonchev–Trinajstić information content (AvgIpc) is 2.50. The standard InChI is InChI=1S/C19H17BrO/c1-13-10-17(11-14(2)19(13)20)21-12-16-8-5-7-15-6-3-4-9-18(15)16/h3-11H,12H2,1-2H3. The molecule has 0 N–H and O–H groups in total. The van der Waals surface area contributed by atoms with Crippen LogP contribution in [0.15, 0.2) is 59.1 Å². The minimum absolute atomic E-state index is 0.585. The number of ether oxygens (including phenoxy) is 1. The Hall–Kier alpha value is -1.80. The van der Waals surface area contributed by atoms with E-state index in [2.05, 4.69) is 84.4 Å². The molecular formula is C19H17BrO. The molecule has 0 aliphatic heterocycles. The van der Waals surface area contributed by atoms with E-state index in [0.717, 1.165) is 10.2 Å². The fourth-order valence-corrected chi connectivity index (χ4v) is 2.80. The molecule has 106 valence electrons. The summed E-state index contributed by atoms with van der Waals surface area (Å²) in [6.45, 7) is 4.76. The highest BCUT2D eigenvalue weighted by atomic mass is 79.9. The summed E-state index contributed by atoms with van der Waals surface area (Å²) >= 11 is 3.59. The summed E-state index contributed by atoms with van der Waals surface area (Å²) in [7, 11) is 0. The molecule has 3 rings (SSSR count). The first-order valence-electron chi connectivity index (χ1n) is 7.01. The number of hydrogen-bond acceptors (Lipinski definition) is 1. The van der Waals surface area contributed by atoms with Gasteiger partial charge in [-0.1, -0.05) is 58.4 Å². The van der Waals surface area contributed by atoms with Crippen LogP contribution in [0.1, 0.15) is 16.7 Å². The van der Waals surface area contributed by atoms with Crippen LogP contribution in [0.3, 0.4) is 0 Å². The monoisotopic (exact) mass is 340 g/mol. The summed E-state index contributed by atoms with van der Waals surface area (Å²) in [6, 6.07) is 18.9. The fourth-order valence-electron chi connectivity index (χ4n) is 2.57. The zero-order valence-corrected chi connectivity index (χ0v) is 13.8. The van der Waals surface area contributed by atoms with Crippen molar-refractivity contribution >= 4 is 26.7 Å². The zero-order valence-electron chi connectivity index (χ0n) is 12.2. The zero-order chi connectivity index (χ0) is 14.8. The van der Waals surface area contributed by atoms with E-state index in [4.69, 9.17) is 4.74 Å². The van der Waals surface area contributed by atoms with E-state index in [1.807, 2.05) is 0 Å². The van der Waals surface area contributed by atoms with Crippen molar-refractivity contribution in [1.82, 2.24) is 0 Å². The molecule has 0 aromatic heterocycles.